The number of hydrogen-bond donors (Lipinski definition) is 0. The monoisotopic (exact) mass is 391 g/mol. The van der Waals surface area contributed by atoms with Gasteiger partial charge in [0, 0.05) is 61.7 Å². The summed E-state index contributed by atoms with van der Waals surface area (Å²) in [5.74, 6) is 0. The molecule has 1 fully saturated rings. The van der Waals surface area contributed by atoms with Gasteiger partial charge in [-0.1, -0.05) is 0 Å². The maximum Gasteiger partial charge on any atom is 0.00200 e. The Kier molecular flexibility index (Phi) is 10.1. The van der Waals surface area contributed by atoms with E-state index in [9.17, 15) is 4.57 Å². The van der Waals surface area contributed by atoms with Gasteiger partial charge in [0.1, 0.15) is 0 Å². The fourth-order valence-corrected chi connectivity index (χ4v) is 1.68. The molecule has 9 heavy (non-hydrogen) atoms. The molecule has 2 nitrogen and oxygen atoms in total. The fraction of sp³-hybridized carbons (Fsp3) is 0.750. The summed E-state index contributed by atoms with van der Waals surface area (Å²) < 4.78 is 12.5. The molecule has 5 heteroatoms. The Bertz CT molecular complexity index is 103. The number of rotatable bonds is 0. The van der Waals surface area contributed by atoms with Gasteiger partial charge < -0.3 is 4.57 Å². The van der Waals surface area contributed by atoms with Gasteiger partial charge in [0.05, 0.1) is 0 Å². The molecule has 1 heterocycles. The third-order valence-corrected chi connectivity index (χ3v) is 2.77. The Morgan fingerprint density at radius 1 is 1.67 bits per heavy atom. The van der Waals surface area contributed by atoms with Gasteiger partial charge >= 0.3 is 0 Å². The van der Waals surface area contributed by atoms with E-state index in [1.807, 2.05) is 17.9 Å². The zero-order valence-electron chi connectivity index (χ0n) is 5.33. The standard InChI is InChI=1S/C4H9NOP.W.Y/c1-5-3-2-4-7(5)6;;/h4,7H,2-3H2,1H3;;/q-1;;. The summed E-state index contributed by atoms with van der Waals surface area (Å²) in [5.41, 5.74) is 0. The molecule has 1 radical (unpaired) electrons. The molecule has 0 aromatic rings. The first-order chi connectivity index (χ1) is 3.30. The van der Waals surface area contributed by atoms with E-state index < -0.39 is 7.95 Å². The van der Waals surface area contributed by atoms with Crippen molar-refractivity contribution < 1.29 is 58.3 Å². The molecule has 1 saturated heterocycles. The molecule has 0 spiro atoms. The summed E-state index contributed by atoms with van der Waals surface area (Å²) in [5, 5.41) is 0. The number of hydrogen-bond acceptors (Lipinski definition) is 1. The largest absolute Gasteiger partial charge is 0.345 e. The van der Waals surface area contributed by atoms with E-state index in [2.05, 4.69) is 0 Å². The van der Waals surface area contributed by atoms with Gasteiger partial charge in [-0.25, -0.2) is 0 Å². The van der Waals surface area contributed by atoms with Crippen LogP contribution in [0.5, 0.6) is 0 Å². The molecule has 1 rings (SSSR count). The number of nitrogens with zero attached hydrogens (tertiary/aromatic N) is 1. The zero-order chi connectivity index (χ0) is 5.28. The SMILES string of the molecule is CN1CC[CH-][PH]1=O.[W].[Y]. The third-order valence-electron chi connectivity index (χ3n) is 1.16. The first kappa shape index (κ1) is 13.6. The molecule has 0 aromatic heterocycles. The average molecular weight is 391 g/mol. The van der Waals surface area contributed by atoms with Crippen molar-refractivity contribution in [2.24, 2.45) is 0 Å². The van der Waals surface area contributed by atoms with E-state index in [-0.39, 0.29) is 53.8 Å². The Balaban J connectivity index is 0. The van der Waals surface area contributed by atoms with Gasteiger partial charge in [-0.2, -0.15) is 6.42 Å². The zero-order valence-corrected chi connectivity index (χ0v) is 12.1. The Hall–Kier alpha value is 1.98. The van der Waals surface area contributed by atoms with Crippen molar-refractivity contribution in [1.82, 2.24) is 4.67 Å². The van der Waals surface area contributed by atoms with Crippen LogP contribution in [0.1, 0.15) is 6.42 Å². The molecule has 0 aromatic carbocycles. The maximum absolute atomic E-state index is 10.6. The van der Waals surface area contributed by atoms with Crippen LogP contribution >= 0.6 is 7.95 Å². The van der Waals surface area contributed by atoms with Crippen molar-refractivity contribution in [3.05, 3.63) is 6.16 Å². The maximum atomic E-state index is 10.6. The van der Waals surface area contributed by atoms with E-state index in [0.29, 0.717) is 0 Å². The fourth-order valence-electron chi connectivity index (χ4n) is 0.648. The summed E-state index contributed by atoms with van der Waals surface area (Å²) in [4.78, 5) is 0. The van der Waals surface area contributed by atoms with Crippen molar-refractivity contribution in [1.29, 1.82) is 0 Å². The van der Waals surface area contributed by atoms with Gasteiger partial charge in [-0.15, -0.1) is 0 Å². The summed E-state index contributed by atoms with van der Waals surface area (Å²) >= 11 is 0. The van der Waals surface area contributed by atoms with E-state index >= 15 is 0 Å². The molecule has 0 aliphatic carbocycles. The van der Waals surface area contributed by atoms with Gasteiger partial charge in [-0.3, -0.25) is 10.8 Å². The van der Waals surface area contributed by atoms with E-state index in [4.69, 9.17) is 0 Å². The molecule has 1 atom stereocenters. The van der Waals surface area contributed by atoms with Crippen LogP contribution in [0.4, 0.5) is 0 Å². The van der Waals surface area contributed by atoms with Crippen molar-refractivity contribution >= 4 is 7.95 Å². The second-order valence-electron chi connectivity index (χ2n) is 1.75. The molecule has 1 unspecified atom stereocenters. The quantitative estimate of drug-likeness (QED) is 0.453. The first-order valence-electron chi connectivity index (χ1n) is 2.39. The molecule has 1 aliphatic heterocycles. The normalized spacial score (nSPS) is 26.6. The topological polar surface area (TPSA) is 20.3 Å². The second-order valence-corrected chi connectivity index (χ2v) is 3.60. The van der Waals surface area contributed by atoms with Crippen LogP contribution in [0.2, 0.25) is 0 Å². The minimum absolute atomic E-state index is 0. The average Bonchev–Trinajstić information content (AvgIpc) is 1.91. The predicted molar refractivity (Wildman–Crippen MR) is 30.5 cm³/mol. The van der Waals surface area contributed by atoms with Crippen LogP contribution < -0.4 is 0 Å². The van der Waals surface area contributed by atoms with Crippen molar-refractivity contribution in [2.75, 3.05) is 13.6 Å². The summed E-state index contributed by atoms with van der Waals surface area (Å²) in [6, 6.07) is 0. The van der Waals surface area contributed by atoms with Gasteiger partial charge in [0.25, 0.3) is 0 Å². The van der Waals surface area contributed by atoms with E-state index in [1.54, 1.807) is 0 Å². The molecule has 0 N–H and O–H groups in total. The second kappa shape index (κ2) is 6.68. The molecule has 1 aliphatic rings. The molecule has 0 bridgehead atoms. The summed E-state index contributed by atoms with van der Waals surface area (Å²) in [6.07, 6.45) is 2.90. The molecular weight excluding hydrogens is 382 g/mol. The Morgan fingerprint density at radius 2 is 2.22 bits per heavy atom. The van der Waals surface area contributed by atoms with Crippen molar-refractivity contribution in [2.45, 2.75) is 6.42 Å². The molecule has 0 amide bonds. The smallest absolute Gasteiger partial charge is 0.00200 e. The van der Waals surface area contributed by atoms with Crippen LogP contribution in [0.15, 0.2) is 0 Å². The van der Waals surface area contributed by atoms with Crippen LogP contribution in [-0.2, 0) is 58.3 Å². The van der Waals surface area contributed by atoms with Crippen LogP contribution in [0.25, 0.3) is 0 Å². The van der Waals surface area contributed by atoms with Gasteiger partial charge in [-0.05, 0) is 13.6 Å². The Morgan fingerprint density at radius 3 is 2.33 bits per heavy atom. The molecule has 51 valence electrons. The summed E-state index contributed by atoms with van der Waals surface area (Å²) in [6.45, 7) is 0.984. The van der Waals surface area contributed by atoms with Crippen molar-refractivity contribution in [3.63, 3.8) is 0 Å². The van der Waals surface area contributed by atoms with Crippen LogP contribution in [0.3, 0.4) is 0 Å². The van der Waals surface area contributed by atoms with Crippen LogP contribution in [0, 0.1) is 6.16 Å². The summed E-state index contributed by atoms with van der Waals surface area (Å²) in [7, 11) is 0.517. The minimum atomic E-state index is -1.38. The van der Waals surface area contributed by atoms with Gasteiger partial charge in [0.15, 0.2) is 0 Å². The van der Waals surface area contributed by atoms with E-state index in [0.717, 1.165) is 13.0 Å². The molecular formula is C4H9NOPWY-. The van der Waals surface area contributed by atoms with E-state index in [1.165, 1.54) is 0 Å². The first-order valence-corrected chi connectivity index (χ1v) is 3.82. The Labute approximate surface area is 96.1 Å². The van der Waals surface area contributed by atoms with Crippen LogP contribution in [-0.4, -0.2) is 18.3 Å². The van der Waals surface area contributed by atoms with Gasteiger partial charge in [0.2, 0.25) is 0 Å². The minimum Gasteiger partial charge on any atom is -0.345 e. The van der Waals surface area contributed by atoms with Crippen molar-refractivity contribution in [3.8, 4) is 0 Å². The predicted octanol–water partition coefficient (Wildman–Crippen LogP) is 0.953. The molecule has 0 saturated carbocycles. The third kappa shape index (κ3) is 4.43.